The van der Waals surface area contributed by atoms with Gasteiger partial charge in [-0.25, -0.2) is 23.1 Å². The quantitative estimate of drug-likeness (QED) is 0.663. The van der Waals surface area contributed by atoms with E-state index in [0.29, 0.717) is 6.54 Å². The van der Waals surface area contributed by atoms with Crippen molar-refractivity contribution in [3.8, 4) is 0 Å². The van der Waals surface area contributed by atoms with E-state index in [1.54, 1.807) is 0 Å². The highest BCUT2D eigenvalue weighted by Crippen LogP contribution is 2.20. The molecule has 0 aromatic carbocycles. The van der Waals surface area contributed by atoms with Gasteiger partial charge in [0.2, 0.25) is 15.3 Å². The molecule has 0 aliphatic heterocycles. The van der Waals surface area contributed by atoms with Crippen LogP contribution in [0.25, 0.3) is 0 Å². The van der Waals surface area contributed by atoms with Crippen LogP contribution in [0, 0.1) is 0 Å². The van der Waals surface area contributed by atoms with Gasteiger partial charge in [0.1, 0.15) is 4.90 Å². The third-order valence-corrected chi connectivity index (χ3v) is 4.39. The zero-order valence-corrected chi connectivity index (χ0v) is 11.3. The number of halogens is 1. The minimum Gasteiger partial charge on any atom is -0.225 e. The lowest BCUT2D eigenvalue weighted by atomic mass is 10.2. The average molecular weight is 288 g/mol. The lowest BCUT2D eigenvalue weighted by Gasteiger charge is -2.06. The second-order valence-corrected chi connectivity index (χ2v) is 6.20. The Labute approximate surface area is 111 Å². The third-order valence-electron chi connectivity index (χ3n) is 2.78. The largest absolute Gasteiger partial charge is 0.243 e. The van der Waals surface area contributed by atoms with E-state index >= 15 is 0 Å². The molecule has 1 heterocycles. The molecule has 1 aliphatic rings. The maximum atomic E-state index is 11.9. The number of nitrogens with zero attached hydrogens (tertiary/aromatic N) is 2. The zero-order valence-electron chi connectivity index (χ0n) is 9.76. The van der Waals surface area contributed by atoms with Gasteiger partial charge in [0.05, 0.1) is 12.4 Å². The normalized spacial score (nSPS) is 15.7. The highest BCUT2D eigenvalue weighted by Gasteiger charge is 2.15. The molecule has 0 radical (unpaired) electrons. The number of aromatic nitrogens is 2. The van der Waals surface area contributed by atoms with E-state index in [0.717, 1.165) is 19.3 Å². The number of hydrogen-bond donors (Lipinski definition) is 1. The molecule has 2 rings (SSSR count). The Morgan fingerprint density at radius 3 is 2.67 bits per heavy atom. The van der Waals surface area contributed by atoms with E-state index in [1.807, 2.05) is 0 Å². The van der Waals surface area contributed by atoms with Crippen LogP contribution in [-0.2, 0) is 10.0 Å². The lowest BCUT2D eigenvalue weighted by molar-refractivity contribution is 0.580. The summed E-state index contributed by atoms with van der Waals surface area (Å²) >= 11 is 5.51. The van der Waals surface area contributed by atoms with Crippen LogP contribution >= 0.6 is 11.6 Å². The van der Waals surface area contributed by atoms with Crippen LogP contribution in [0.3, 0.4) is 0 Å². The van der Waals surface area contributed by atoms with E-state index < -0.39 is 10.0 Å². The molecule has 1 aromatic rings. The van der Waals surface area contributed by atoms with Crippen molar-refractivity contribution in [3.63, 3.8) is 0 Å². The number of nitrogens with one attached hydrogen (secondary N) is 1. The van der Waals surface area contributed by atoms with Crippen LogP contribution in [0.15, 0.2) is 28.9 Å². The monoisotopic (exact) mass is 287 g/mol. The molecule has 0 bridgehead atoms. The smallest absolute Gasteiger partial charge is 0.225 e. The Balaban J connectivity index is 1.92. The highest BCUT2D eigenvalue weighted by molar-refractivity contribution is 7.89. The summed E-state index contributed by atoms with van der Waals surface area (Å²) in [6.07, 6.45) is 8.69. The summed E-state index contributed by atoms with van der Waals surface area (Å²) in [4.78, 5) is 7.34. The first-order chi connectivity index (χ1) is 8.58. The zero-order chi connectivity index (χ0) is 13.0. The molecular formula is C11H14ClN3O2S. The van der Waals surface area contributed by atoms with Crippen molar-refractivity contribution in [2.24, 2.45) is 0 Å². The van der Waals surface area contributed by atoms with Crippen molar-refractivity contribution in [3.05, 3.63) is 29.3 Å². The van der Waals surface area contributed by atoms with Gasteiger partial charge in [0.15, 0.2) is 0 Å². The van der Waals surface area contributed by atoms with Crippen molar-refractivity contribution in [2.45, 2.75) is 30.6 Å². The molecule has 0 unspecified atom stereocenters. The molecule has 5 nitrogen and oxygen atoms in total. The van der Waals surface area contributed by atoms with Crippen molar-refractivity contribution in [1.29, 1.82) is 0 Å². The van der Waals surface area contributed by atoms with Gasteiger partial charge in [-0.05, 0) is 37.3 Å². The van der Waals surface area contributed by atoms with Crippen molar-refractivity contribution in [2.75, 3.05) is 6.54 Å². The molecule has 0 saturated heterocycles. The van der Waals surface area contributed by atoms with Crippen LogP contribution in [0.5, 0.6) is 0 Å². The van der Waals surface area contributed by atoms with Gasteiger partial charge in [0.25, 0.3) is 0 Å². The van der Waals surface area contributed by atoms with Crippen LogP contribution in [0.4, 0.5) is 0 Å². The molecule has 1 aliphatic carbocycles. The number of rotatable bonds is 5. The minimum absolute atomic E-state index is 0.0325. The first-order valence-electron chi connectivity index (χ1n) is 5.73. The number of allylic oxidation sites excluding steroid dienone is 1. The standard InChI is InChI=1S/C11H14ClN3O2S/c12-11-13-7-10(8-14-11)18(16,17)15-6-5-9-3-1-2-4-9/h3,7-8,15H,1-2,4-6H2. The summed E-state index contributed by atoms with van der Waals surface area (Å²) < 4.78 is 26.3. The molecule has 0 amide bonds. The van der Waals surface area contributed by atoms with Crippen LogP contribution in [-0.4, -0.2) is 24.9 Å². The van der Waals surface area contributed by atoms with Gasteiger partial charge >= 0.3 is 0 Å². The summed E-state index contributed by atoms with van der Waals surface area (Å²) in [7, 11) is -3.53. The topological polar surface area (TPSA) is 72.0 Å². The number of sulfonamides is 1. The van der Waals surface area contributed by atoms with E-state index in [4.69, 9.17) is 11.6 Å². The van der Waals surface area contributed by atoms with E-state index in [1.165, 1.54) is 24.4 Å². The predicted molar refractivity (Wildman–Crippen MR) is 68.8 cm³/mol. The Morgan fingerprint density at radius 2 is 2.06 bits per heavy atom. The van der Waals surface area contributed by atoms with Gasteiger partial charge in [0, 0.05) is 6.54 Å². The summed E-state index contributed by atoms with van der Waals surface area (Å²) in [6, 6.07) is 0. The minimum atomic E-state index is -3.53. The van der Waals surface area contributed by atoms with Crippen LogP contribution in [0.2, 0.25) is 5.28 Å². The Hall–Kier alpha value is -0.980. The Kier molecular flexibility index (Phi) is 4.31. The van der Waals surface area contributed by atoms with Crippen molar-refractivity contribution < 1.29 is 8.42 Å². The van der Waals surface area contributed by atoms with E-state index in [9.17, 15) is 8.42 Å². The fourth-order valence-electron chi connectivity index (χ4n) is 1.83. The number of hydrogen-bond acceptors (Lipinski definition) is 4. The van der Waals surface area contributed by atoms with Crippen LogP contribution in [0.1, 0.15) is 25.7 Å². The molecule has 0 atom stereocenters. The fourth-order valence-corrected chi connectivity index (χ4v) is 2.85. The van der Waals surface area contributed by atoms with Crippen molar-refractivity contribution in [1.82, 2.24) is 14.7 Å². The average Bonchev–Trinajstić information content (AvgIpc) is 2.82. The first kappa shape index (κ1) is 13.5. The van der Waals surface area contributed by atoms with E-state index in [2.05, 4.69) is 20.8 Å². The molecule has 98 valence electrons. The van der Waals surface area contributed by atoms with Gasteiger partial charge in [-0.1, -0.05) is 11.6 Å². The third kappa shape index (κ3) is 3.51. The summed E-state index contributed by atoms with van der Waals surface area (Å²) in [5.74, 6) is 0. The SMILES string of the molecule is O=S(=O)(NCCC1=CCCC1)c1cnc(Cl)nc1. The second kappa shape index (κ2) is 5.77. The summed E-state index contributed by atoms with van der Waals surface area (Å²) in [5.41, 5.74) is 1.32. The fraction of sp³-hybridized carbons (Fsp3) is 0.455. The van der Waals surface area contributed by atoms with E-state index in [-0.39, 0.29) is 10.2 Å². The second-order valence-electron chi connectivity index (χ2n) is 4.09. The van der Waals surface area contributed by atoms with Gasteiger partial charge in [-0.3, -0.25) is 0 Å². The molecule has 1 N–H and O–H groups in total. The summed E-state index contributed by atoms with van der Waals surface area (Å²) in [5, 5.41) is 0.0325. The molecule has 0 spiro atoms. The lowest BCUT2D eigenvalue weighted by Crippen LogP contribution is -2.25. The molecule has 7 heteroatoms. The Morgan fingerprint density at radius 1 is 1.33 bits per heavy atom. The highest BCUT2D eigenvalue weighted by atomic mass is 35.5. The molecule has 1 aromatic heterocycles. The maximum absolute atomic E-state index is 11.9. The first-order valence-corrected chi connectivity index (χ1v) is 7.59. The molecule has 0 saturated carbocycles. The molecule has 18 heavy (non-hydrogen) atoms. The van der Waals surface area contributed by atoms with Gasteiger partial charge in [-0.2, -0.15) is 0 Å². The van der Waals surface area contributed by atoms with Crippen LogP contribution < -0.4 is 4.72 Å². The van der Waals surface area contributed by atoms with Gasteiger partial charge in [-0.15, -0.1) is 0 Å². The molecule has 0 fully saturated rings. The van der Waals surface area contributed by atoms with Gasteiger partial charge < -0.3 is 0 Å². The maximum Gasteiger partial charge on any atom is 0.243 e. The van der Waals surface area contributed by atoms with Crippen molar-refractivity contribution >= 4 is 21.6 Å². The summed E-state index contributed by atoms with van der Waals surface area (Å²) in [6.45, 7) is 0.400. The molecular weight excluding hydrogens is 274 g/mol. The predicted octanol–water partition coefficient (Wildman–Crippen LogP) is 1.91. The Bertz CT molecular complexity index is 540.